The van der Waals surface area contributed by atoms with Gasteiger partial charge >= 0.3 is 0 Å². The molecule has 1 N–H and O–H groups in total. The Bertz CT molecular complexity index is 988. The fourth-order valence-corrected chi connectivity index (χ4v) is 2.96. The summed E-state index contributed by atoms with van der Waals surface area (Å²) in [6.07, 6.45) is 1.36. The molecule has 1 aromatic heterocycles. The van der Waals surface area contributed by atoms with E-state index in [0.29, 0.717) is 10.7 Å². The van der Waals surface area contributed by atoms with Crippen LogP contribution in [0.2, 0.25) is 5.02 Å². The van der Waals surface area contributed by atoms with E-state index in [-0.39, 0.29) is 30.7 Å². The second-order valence-corrected chi connectivity index (χ2v) is 6.68. The molecule has 0 fully saturated rings. The average Bonchev–Trinajstić information content (AvgIpc) is 2.70. The number of methoxy groups -OCH3 is 1. The third kappa shape index (κ3) is 5.06. The summed E-state index contributed by atoms with van der Waals surface area (Å²) in [5.74, 6) is -0.299. The molecule has 0 saturated heterocycles. The predicted molar refractivity (Wildman–Crippen MR) is 107 cm³/mol. The van der Waals surface area contributed by atoms with Crippen molar-refractivity contribution >= 4 is 17.5 Å². The van der Waals surface area contributed by atoms with Gasteiger partial charge in [-0.05, 0) is 23.3 Å². The number of benzene rings is 2. The van der Waals surface area contributed by atoms with Crippen molar-refractivity contribution in [3.8, 4) is 0 Å². The van der Waals surface area contributed by atoms with Crippen LogP contribution in [0.25, 0.3) is 0 Å². The van der Waals surface area contributed by atoms with Crippen molar-refractivity contribution in [3.05, 3.63) is 99.2 Å². The van der Waals surface area contributed by atoms with Crippen LogP contribution in [-0.4, -0.2) is 22.6 Å². The normalized spacial score (nSPS) is 11.8. The molecule has 3 rings (SSSR count). The summed E-state index contributed by atoms with van der Waals surface area (Å²) in [7, 11) is 1.53. The van der Waals surface area contributed by atoms with Crippen LogP contribution in [0.3, 0.4) is 0 Å². The summed E-state index contributed by atoms with van der Waals surface area (Å²) in [5, 5.41) is 3.61. The van der Waals surface area contributed by atoms with E-state index in [1.54, 1.807) is 12.1 Å². The third-order valence-electron chi connectivity index (χ3n) is 4.18. The van der Waals surface area contributed by atoms with Crippen LogP contribution < -0.4 is 10.9 Å². The summed E-state index contributed by atoms with van der Waals surface area (Å²) in [6.45, 7) is 0.116. The first-order valence-electron chi connectivity index (χ1n) is 8.71. The molecular formula is C21H20ClN3O3. The molecule has 1 heterocycles. The molecule has 0 aliphatic rings. The minimum Gasteiger partial charge on any atom is -0.378 e. The average molecular weight is 398 g/mol. The Kier molecular flexibility index (Phi) is 6.57. The highest BCUT2D eigenvalue weighted by molar-refractivity contribution is 6.30. The Hall–Kier alpha value is -2.96. The second-order valence-electron chi connectivity index (χ2n) is 6.24. The summed E-state index contributed by atoms with van der Waals surface area (Å²) in [4.78, 5) is 29.0. The molecule has 0 unspecified atom stereocenters. The highest BCUT2D eigenvalue weighted by Gasteiger charge is 2.17. The van der Waals surface area contributed by atoms with Gasteiger partial charge in [-0.25, -0.2) is 4.98 Å². The molecule has 0 aliphatic carbocycles. The molecule has 2 aromatic carbocycles. The number of rotatable bonds is 7. The van der Waals surface area contributed by atoms with Crippen LogP contribution in [0.1, 0.15) is 22.9 Å². The van der Waals surface area contributed by atoms with E-state index in [1.165, 1.54) is 24.1 Å². The Morgan fingerprint density at radius 3 is 2.46 bits per heavy atom. The number of nitrogens with zero attached hydrogens (tertiary/aromatic N) is 2. The molecule has 7 heteroatoms. The van der Waals surface area contributed by atoms with E-state index in [1.807, 2.05) is 42.5 Å². The zero-order valence-electron chi connectivity index (χ0n) is 15.3. The molecule has 1 atom stereocenters. The molecule has 0 spiro atoms. The Balaban J connectivity index is 1.80. The van der Waals surface area contributed by atoms with Crippen LogP contribution in [0, 0.1) is 0 Å². The van der Waals surface area contributed by atoms with Crippen molar-refractivity contribution in [3.63, 3.8) is 0 Å². The van der Waals surface area contributed by atoms with E-state index in [2.05, 4.69) is 10.3 Å². The van der Waals surface area contributed by atoms with Crippen molar-refractivity contribution in [2.24, 2.45) is 0 Å². The molecule has 0 radical (unpaired) electrons. The lowest BCUT2D eigenvalue weighted by molar-refractivity contribution is -0.122. The zero-order valence-corrected chi connectivity index (χ0v) is 16.1. The van der Waals surface area contributed by atoms with Crippen LogP contribution in [-0.2, 0) is 22.7 Å². The molecule has 0 aliphatic heterocycles. The van der Waals surface area contributed by atoms with Crippen LogP contribution in [0.15, 0.2) is 71.8 Å². The number of hydrogen-bond acceptors (Lipinski definition) is 4. The molecule has 6 nitrogen and oxygen atoms in total. The van der Waals surface area contributed by atoms with E-state index in [4.69, 9.17) is 16.3 Å². The maximum atomic E-state index is 12.6. The maximum Gasteiger partial charge on any atom is 0.254 e. The zero-order chi connectivity index (χ0) is 19.9. The first-order chi connectivity index (χ1) is 13.6. The summed E-state index contributed by atoms with van der Waals surface area (Å²) in [6, 6.07) is 17.9. The Labute approximate surface area is 167 Å². The molecule has 1 amide bonds. The fourth-order valence-electron chi connectivity index (χ4n) is 2.83. The number of halogens is 1. The van der Waals surface area contributed by atoms with Gasteiger partial charge in [0.25, 0.3) is 5.56 Å². The predicted octanol–water partition coefficient (Wildman–Crippen LogP) is 2.95. The molecular weight excluding hydrogens is 378 g/mol. The highest BCUT2D eigenvalue weighted by atomic mass is 35.5. The van der Waals surface area contributed by atoms with Crippen LogP contribution in [0.5, 0.6) is 0 Å². The Morgan fingerprint density at radius 2 is 1.82 bits per heavy atom. The first-order valence-corrected chi connectivity index (χ1v) is 9.08. The lowest BCUT2D eigenvalue weighted by Crippen LogP contribution is -2.35. The minimum atomic E-state index is -0.359. The van der Waals surface area contributed by atoms with Gasteiger partial charge in [0, 0.05) is 18.2 Å². The topological polar surface area (TPSA) is 73.2 Å². The molecule has 3 aromatic rings. The largest absolute Gasteiger partial charge is 0.378 e. The monoisotopic (exact) mass is 397 g/mol. The standard InChI is InChI=1S/C21H20ClN3O3/c1-28-13-18-11-20(27)25(14-23-18)12-19(26)24-21(15-5-3-2-4-6-15)16-7-9-17(22)10-8-16/h2-11,14,21H,12-13H2,1H3,(H,24,26)/t21-/m1/s1. The first kappa shape index (κ1) is 19.8. The number of aromatic nitrogens is 2. The van der Waals surface area contributed by atoms with Gasteiger partial charge in [0.1, 0.15) is 6.54 Å². The highest BCUT2D eigenvalue weighted by Crippen LogP contribution is 2.23. The number of nitrogens with one attached hydrogen (secondary N) is 1. The molecule has 144 valence electrons. The minimum absolute atomic E-state index is 0.129. The molecule has 28 heavy (non-hydrogen) atoms. The number of ether oxygens (including phenoxy) is 1. The molecule has 0 bridgehead atoms. The number of hydrogen-bond donors (Lipinski definition) is 1. The van der Waals surface area contributed by atoms with Crippen LogP contribution in [0.4, 0.5) is 0 Å². The van der Waals surface area contributed by atoms with Gasteiger partial charge in [-0.15, -0.1) is 0 Å². The van der Waals surface area contributed by atoms with E-state index in [0.717, 1.165) is 11.1 Å². The smallest absolute Gasteiger partial charge is 0.254 e. The summed E-state index contributed by atoms with van der Waals surface area (Å²) >= 11 is 5.99. The fraction of sp³-hybridized carbons (Fsp3) is 0.190. The van der Waals surface area contributed by atoms with Crippen molar-refractivity contribution in [2.75, 3.05) is 7.11 Å². The van der Waals surface area contributed by atoms with Crippen molar-refractivity contribution < 1.29 is 9.53 Å². The quantitative estimate of drug-likeness (QED) is 0.665. The second kappa shape index (κ2) is 9.30. The van der Waals surface area contributed by atoms with Crippen molar-refractivity contribution in [1.82, 2.24) is 14.9 Å². The Morgan fingerprint density at radius 1 is 1.14 bits per heavy atom. The van der Waals surface area contributed by atoms with Crippen molar-refractivity contribution in [1.29, 1.82) is 0 Å². The van der Waals surface area contributed by atoms with Gasteiger partial charge in [-0.2, -0.15) is 0 Å². The SMILES string of the molecule is COCc1cc(=O)n(CC(=O)N[C@H](c2ccccc2)c2ccc(Cl)cc2)cn1. The summed E-state index contributed by atoms with van der Waals surface area (Å²) in [5.41, 5.74) is 2.04. The summed E-state index contributed by atoms with van der Waals surface area (Å²) < 4.78 is 6.23. The van der Waals surface area contributed by atoms with Gasteiger partial charge in [0.05, 0.1) is 24.7 Å². The maximum absolute atomic E-state index is 12.6. The van der Waals surface area contributed by atoms with E-state index in [9.17, 15) is 9.59 Å². The van der Waals surface area contributed by atoms with Gasteiger partial charge in [-0.3, -0.25) is 14.2 Å². The number of carbonyl (C=O) groups excluding carboxylic acids is 1. The van der Waals surface area contributed by atoms with Gasteiger partial charge in [0.2, 0.25) is 5.91 Å². The number of amides is 1. The van der Waals surface area contributed by atoms with Crippen molar-refractivity contribution in [2.45, 2.75) is 19.2 Å². The van der Waals surface area contributed by atoms with Gasteiger partial charge < -0.3 is 10.1 Å². The van der Waals surface area contributed by atoms with E-state index < -0.39 is 0 Å². The lowest BCUT2D eigenvalue weighted by atomic mass is 9.98. The molecule has 0 saturated carbocycles. The lowest BCUT2D eigenvalue weighted by Gasteiger charge is -2.20. The third-order valence-corrected chi connectivity index (χ3v) is 4.44. The number of carbonyl (C=O) groups is 1. The van der Waals surface area contributed by atoms with Gasteiger partial charge in [-0.1, -0.05) is 54.1 Å². The van der Waals surface area contributed by atoms with Gasteiger partial charge in [0.15, 0.2) is 0 Å². The van der Waals surface area contributed by atoms with E-state index >= 15 is 0 Å². The van der Waals surface area contributed by atoms with Crippen LogP contribution >= 0.6 is 11.6 Å².